The van der Waals surface area contributed by atoms with Crippen molar-refractivity contribution >= 4 is 17.4 Å². The number of Topliss-reactive ketones (excluding diaryl/α,β-unsaturated/α-hetero) is 1. The molecule has 0 radical (unpaired) electrons. The van der Waals surface area contributed by atoms with E-state index in [1.54, 1.807) is 12.1 Å². The summed E-state index contributed by atoms with van der Waals surface area (Å²) in [6, 6.07) is 11.4. The number of ether oxygens (including phenoxy) is 1. The fourth-order valence-corrected chi connectivity index (χ4v) is 2.28. The van der Waals surface area contributed by atoms with Crippen LogP contribution in [0.3, 0.4) is 0 Å². The van der Waals surface area contributed by atoms with E-state index in [4.69, 9.17) is 4.74 Å². The SMILES string of the molecule is CCc1ccc(C(=O)COC(=O)c2cccc(C)c2[N+](=O)[O-])cc1. The van der Waals surface area contributed by atoms with Gasteiger partial charge in [0.2, 0.25) is 0 Å². The summed E-state index contributed by atoms with van der Waals surface area (Å²) in [5.41, 5.74) is 1.42. The van der Waals surface area contributed by atoms with Crippen molar-refractivity contribution in [3.8, 4) is 0 Å². The minimum atomic E-state index is -0.885. The van der Waals surface area contributed by atoms with Crippen LogP contribution < -0.4 is 0 Å². The van der Waals surface area contributed by atoms with Crippen LogP contribution in [0.2, 0.25) is 0 Å². The Morgan fingerprint density at radius 2 is 1.79 bits per heavy atom. The highest BCUT2D eigenvalue weighted by Crippen LogP contribution is 2.23. The van der Waals surface area contributed by atoms with Crippen molar-refractivity contribution in [1.82, 2.24) is 0 Å². The largest absolute Gasteiger partial charge is 0.454 e. The highest BCUT2D eigenvalue weighted by Gasteiger charge is 2.24. The monoisotopic (exact) mass is 327 g/mol. The van der Waals surface area contributed by atoms with Crippen molar-refractivity contribution in [2.45, 2.75) is 20.3 Å². The summed E-state index contributed by atoms with van der Waals surface area (Å²) in [6.07, 6.45) is 0.862. The molecule has 0 bridgehead atoms. The van der Waals surface area contributed by atoms with Gasteiger partial charge in [-0.15, -0.1) is 0 Å². The summed E-state index contributed by atoms with van der Waals surface area (Å²) in [5, 5.41) is 11.1. The average molecular weight is 327 g/mol. The Bertz CT molecular complexity index is 780. The number of aryl methyl sites for hydroxylation is 2. The van der Waals surface area contributed by atoms with E-state index in [9.17, 15) is 19.7 Å². The molecule has 0 saturated heterocycles. The maximum atomic E-state index is 12.1. The molecule has 0 saturated carbocycles. The molecule has 2 aromatic rings. The molecule has 0 aliphatic carbocycles. The highest BCUT2D eigenvalue weighted by molar-refractivity contribution is 6.00. The van der Waals surface area contributed by atoms with Crippen molar-refractivity contribution < 1.29 is 19.2 Å². The standard InChI is InChI=1S/C18H17NO5/c1-3-13-7-9-14(10-8-13)16(20)11-24-18(21)15-6-4-5-12(2)17(15)19(22)23/h4-10H,3,11H2,1-2H3. The summed E-state index contributed by atoms with van der Waals surface area (Å²) in [5.74, 6) is -1.25. The number of esters is 1. The predicted molar refractivity (Wildman–Crippen MR) is 88.3 cm³/mol. The molecule has 0 N–H and O–H groups in total. The number of benzene rings is 2. The number of hydrogen-bond acceptors (Lipinski definition) is 5. The van der Waals surface area contributed by atoms with Gasteiger partial charge in [0.1, 0.15) is 5.56 Å². The Kier molecular flexibility index (Phi) is 5.42. The zero-order valence-corrected chi connectivity index (χ0v) is 13.4. The fourth-order valence-electron chi connectivity index (χ4n) is 2.28. The predicted octanol–water partition coefficient (Wildman–Crippen LogP) is 3.51. The molecule has 0 aromatic heterocycles. The Balaban J connectivity index is 2.09. The van der Waals surface area contributed by atoms with Crippen LogP contribution in [0.4, 0.5) is 5.69 Å². The third-order valence-electron chi connectivity index (χ3n) is 3.66. The summed E-state index contributed by atoms with van der Waals surface area (Å²) in [4.78, 5) is 34.6. The second-order valence-electron chi connectivity index (χ2n) is 5.28. The van der Waals surface area contributed by atoms with E-state index in [-0.39, 0.29) is 17.0 Å². The molecule has 0 unspecified atom stereocenters. The van der Waals surface area contributed by atoms with E-state index in [1.165, 1.54) is 25.1 Å². The molecule has 0 aliphatic rings. The number of hydrogen-bond donors (Lipinski definition) is 0. The number of carbonyl (C=O) groups excluding carboxylic acids is 2. The minimum absolute atomic E-state index is 0.158. The first kappa shape index (κ1) is 17.3. The molecule has 2 rings (SSSR count). The van der Waals surface area contributed by atoms with Crippen LogP contribution in [0.15, 0.2) is 42.5 Å². The lowest BCUT2D eigenvalue weighted by Gasteiger charge is -2.07. The fraction of sp³-hybridized carbons (Fsp3) is 0.222. The second kappa shape index (κ2) is 7.50. The molecule has 0 spiro atoms. The second-order valence-corrected chi connectivity index (χ2v) is 5.28. The molecular weight excluding hydrogens is 310 g/mol. The zero-order chi connectivity index (χ0) is 17.7. The van der Waals surface area contributed by atoms with Gasteiger partial charge in [0.15, 0.2) is 12.4 Å². The van der Waals surface area contributed by atoms with E-state index in [1.807, 2.05) is 19.1 Å². The maximum Gasteiger partial charge on any atom is 0.345 e. The molecule has 0 amide bonds. The number of nitro benzene ring substituents is 1. The Morgan fingerprint density at radius 3 is 2.38 bits per heavy atom. The van der Waals surface area contributed by atoms with Gasteiger partial charge in [0.05, 0.1) is 4.92 Å². The number of carbonyl (C=O) groups is 2. The Hall–Kier alpha value is -3.02. The highest BCUT2D eigenvalue weighted by atomic mass is 16.6. The van der Waals surface area contributed by atoms with E-state index in [0.29, 0.717) is 11.1 Å². The van der Waals surface area contributed by atoms with E-state index in [2.05, 4.69) is 0 Å². The topological polar surface area (TPSA) is 86.5 Å². The van der Waals surface area contributed by atoms with Crippen molar-refractivity contribution in [2.75, 3.05) is 6.61 Å². The Labute approximate surface area is 139 Å². The molecule has 0 fully saturated rings. The van der Waals surface area contributed by atoms with Crippen LogP contribution in [-0.4, -0.2) is 23.3 Å². The van der Waals surface area contributed by atoms with Gasteiger partial charge in [0, 0.05) is 11.1 Å². The van der Waals surface area contributed by atoms with Crippen LogP contribution in [0.1, 0.15) is 38.8 Å². The third kappa shape index (κ3) is 3.84. The van der Waals surface area contributed by atoms with Crippen LogP contribution >= 0.6 is 0 Å². The van der Waals surface area contributed by atoms with E-state index >= 15 is 0 Å². The van der Waals surface area contributed by atoms with Gasteiger partial charge in [-0.2, -0.15) is 0 Å². The van der Waals surface area contributed by atoms with Crippen LogP contribution in [0, 0.1) is 17.0 Å². The lowest BCUT2D eigenvalue weighted by Crippen LogP contribution is -2.15. The van der Waals surface area contributed by atoms with Gasteiger partial charge in [-0.1, -0.05) is 43.3 Å². The normalized spacial score (nSPS) is 10.2. The molecule has 2 aromatic carbocycles. The number of rotatable bonds is 6. The van der Waals surface area contributed by atoms with Crippen molar-refractivity contribution in [3.63, 3.8) is 0 Å². The van der Waals surface area contributed by atoms with Crippen molar-refractivity contribution in [1.29, 1.82) is 0 Å². The molecule has 6 heteroatoms. The smallest absolute Gasteiger partial charge is 0.345 e. The summed E-state index contributed by atoms with van der Waals surface area (Å²) >= 11 is 0. The van der Waals surface area contributed by atoms with Gasteiger partial charge in [-0.25, -0.2) is 4.79 Å². The minimum Gasteiger partial charge on any atom is -0.454 e. The lowest BCUT2D eigenvalue weighted by atomic mass is 10.1. The average Bonchev–Trinajstić information content (AvgIpc) is 2.58. The quantitative estimate of drug-likeness (QED) is 0.351. The van der Waals surface area contributed by atoms with Gasteiger partial charge in [0.25, 0.3) is 5.69 Å². The van der Waals surface area contributed by atoms with Crippen molar-refractivity contribution in [2.24, 2.45) is 0 Å². The molecule has 0 atom stereocenters. The number of ketones is 1. The summed E-state index contributed by atoms with van der Waals surface area (Å²) in [7, 11) is 0. The number of para-hydroxylation sites is 1. The summed E-state index contributed by atoms with van der Waals surface area (Å²) in [6.45, 7) is 3.08. The number of nitro groups is 1. The first-order chi connectivity index (χ1) is 11.4. The lowest BCUT2D eigenvalue weighted by molar-refractivity contribution is -0.385. The van der Waals surface area contributed by atoms with Crippen LogP contribution in [0.5, 0.6) is 0 Å². The molecule has 24 heavy (non-hydrogen) atoms. The van der Waals surface area contributed by atoms with Crippen LogP contribution in [-0.2, 0) is 11.2 Å². The van der Waals surface area contributed by atoms with E-state index < -0.39 is 17.5 Å². The van der Waals surface area contributed by atoms with Crippen molar-refractivity contribution in [3.05, 3.63) is 74.8 Å². The van der Waals surface area contributed by atoms with E-state index in [0.717, 1.165) is 12.0 Å². The molecule has 0 aliphatic heterocycles. The Morgan fingerprint density at radius 1 is 1.12 bits per heavy atom. The van der Waals surface area contributed by atoms with Gasteiger partial charge >= 0.3 is 5.97 Å². The zero-order valence-electron chi connectivity index (χ0n) is 13.4. The van der Waals surface area contributed by atoms with Gasteiger partial charge in [-0.05, 0) is 25.0 Å². The first-order valence-corrected chi connectivity index (χ1v) is 7.47. The third-order valence-corrected chi connectivity index (χ3v) is 3.66. The van der Waals surface area contributed by atoms with Crippen LogP contribution in [0.25, 0.3) is 0 Å². The molecule has 0 heterocycles. The number of nitrogens with zero attached hydrogens (tertiary/aromatic N) is 1. The first-order valence-electron chi connectivity index (χ1n) is 7.47. The molecule has 6 nitrogen and oxygen atoms in total. The molecule has 124 valence electrons. The van der Waals surface area contributed by atoms with Gasteiger partial charge in [-0.3, -0.25) is 14.9 Å². The summed E-state index contributed by atoms with van der Waals surface area (Å²) < 4.78 is 4.95. The van der Waals surface area contributed by atoms with Gasteiger partial charge < -0.3 is 4.74 Å². The maximum absolute atomic E-state index is 12.1. The molecular formula is C18H17NO5.